The molecule has 2 aliphatic heterocycles. The maximum atomic E-state index is 11.1. The number of ether oxygens (including phenoxy) is 2. The summed E-state index contributed by atoms with van der Waals surface area (Å²) in [6, 6.07) is 0. The largest absolute Gasteiger partial charge is 0.457 e. The fourth-order valence-electron chi connectivity index (χ4n) is 2.35. The summed E-state index contributed by atoms with van der Waals surface area (Å²) in [6.07, 6.45) is 3.47. The zero-order valence-electron chi connectivity index (χ0n) is 9.13. The fraction of sp³-hybridized carbons (Fsp3) is 0.909. The first-order chi connectivity index (χ1) is 6.41. The minimum atomic E-state index is -0.370. The van der Waals surface area contributed by atoms with Gasteiger partial charge in [0, 0.05) is 6.42 Å². The Labute approximate surface area is 84.8 Å². The normalized spacial score (nSPS) is 41.4. The zero-order valence-corrected chi connectivity index (χ0v) is 9.13. The Balaban J connectivity index is 2.06. The molecule has 80 valence electrons. The van der Waals surface area contributed by atoms with Gasteiger partial charge in [0.15, 0.2) is 0 Å². The van der Waals surface area contributed by atoms with Gasteiger partial charge in [-0.15, -0.1) is 0 Å². The summed E-state index contributed by atoms with van der Waals surface area (Å²) in [5.74, 6) is -0.0826. The van der Waals surface area contributed by atoms with Gasteiger partial charge in [-0.25, -0.2) is 0 Å². The van der Waals surface area contributed by atoms with Crippen molar-refractivity contribution in [1.29, 1.82) is 0 Å². The van der Waals surface area contributed by atoms with Crippen LogP contribution >= 0.6 is 0 Å². The second kappa shape index (κ2) is 2.96. The van der Waals surface area contributed by atoms with Crippen LogP contribution in [-0.2, 0) is 14.3 Å². The van der Waals surface area contributed by atoms with Gasteiger partial charge in [-0.2, -0.15) is 0 Å². The van der Waals surface area contributed by atoms with Gasteiger partial charge in [0.25, 0.3) is 0 Å². The summed E-state index contributed by atoms with van der Waals surface area (Å²) in [5.41, 5.74) is -0.423. The summed E-state index contributed by atoms with van der Waals surface area (Å²) < 4.78 is 11.3. The number of carbonyl (C=O) groups is 1. The Bertz CT molecular complexity index is 259. The van der Waals surface area contributed by atoms with E-state index in [2.05, 4.69) is 13.8 Å². The van der Waals surface area contributed by atoms with E-state index < -0.39 is 0 Å². The average Bonchev–Trinajstić information content (AvgIpc) is 2.57. The molecule has 0 amide bonds. The SMILES string of the molecule is CC1(C)CC[C@H]([C@@]2(C)CCC(=O)O2)O1. The van der Waals surface area contributed by atoms with Gasteiger partial charge in [-0.1, -0.05) is 0 Å². The van der Waals surface area contributed by atoms with Crippen LogP contribution < -0.4 is 0 Å². The Morgan fingerprint density at radius 3 is 2.43 bits per heavy atom. The monoisotopic (exact) mass is 198 g/mol. The molecule has 3 nitrogen and oxygen atoms in total. The molecule has 2 saturated heterocycles. The van der Waals surface area contributed by atoms with Crippen molar-refractivity contribution in [2.45, 2.75) is 63.8 Å². The van der Waals surface area contributed by atoms with Crippen molar-refractivity contribution in [1.82, 2.24) is 0 Å². The van der Waals surface area contributed by atoms with E-state index in [1.165, 1.54) is 0 Å². The summed E-state index contributed by atoms with van der Waals surface area (Å²) in [7, 11) is 0. The van der Waals surface area contributed by atoms with Crippen LogP contribution in [0.2, 0.25) is 0 Å². The van der Waals surface area contributed by atoms with Gasteiger partial charge in [-0.3, -0.25) is 4.79 Å². The molecule has 2 heterocycles. The number of hydrogen-bond acceptors (Lipinski definition) is 3. The van der Waals surface area contributed by atoms with Crippen LogP contribution in [0.25, 0.3) is 0 Å². The molecule has 0 aromatic carbocycles. The molecule has 0 unspecified atom stereocenters. The first-order valence-electron chi connectivity index (χ1n) is 5.31. The van der Waals surface area contributed by atoms with Crippen LogP contribution in [0, 0.1) is 0 Å². The molecule has 3 heteroatoms. The van der Waals surface area contributed by atoms with Gasteiger partial charge in [0.1, 0.15) is 5.60 Å². The molecular weight excluding hydrogens is 180 g/mol. The van der Waals surface area contributed by atoms with Crippen LogP contribution in [0.5, 0.6) is 0 Å². The van der Waals surface area contributed by atoms with Gasteiger partial charge in [0.05, 0.1) is 11.7 Å². The molecule has 0 N–H and O–H groups in total. The highest BCUT2D eigenvalue weighted by molar-refractivity contribution is 5.72. The maximum Gasteiger partial charge on any atom is 0.306 e. The quantitative estimate of drug-likeness (QED) is 0.605. The van der Waals surface area contributed by atoms with Gasteiger partial charge >= 0.3 is 5.97 Å². The Morgan fingerprint density at radius 2 is 2.00 bits per heavy atom. The Hall–Kier alpha value is -0.570. The zero-order chi connectivity index (χ0) is 10.4. The first kappa shape index (κ1) is 9.97. The van der Waals surface area contributed by atoms with Gasteiger partial charge in [0.2, 0.25) is 0 Å². The van der Waals surface area contributed by atoms with Crippen molar-refractivity contribution in [2.24, 2.45) is 0 Å². The molecule has 2 rings (SSSR count). The second-order valence-electron chi connectivity index (χ2n) is 5.19. The van der Waals surface area contributed by atoms with Gasteiger partial charge < -0.3 is 9.47 Å². The average molecular weight is 198 g/mol. The van der Waals surface area contributed by atoms with Crippen molar-refractivity contribution in [2.75, 3.05) is 0 Å². The predicted octanol–water partition coefficient (Wildman–Crippen LogP) is 2.04. The van der Waals surface area contributed by atoms with E-state index in [1.54, 1.807) is 0 Å². The Kier molecular flexibility index (Phi) is 2.11. The molecule has 14 heavy (non-hydrogen) atoms. The summed E-state index contributed by atoms with van der Waals surface area (Å²) >= 11 is 0. The molecule has 0 aromatic rings. The van der Waals surface area contributed by atoms with Crippen LogP contribution in [0.15, 0.2) is 0 Å². The van der Waals surface area contributed by atoms with E-state index in [-0.39, 0.29) is 23.3 Å². The minimum Gasteiger partial charge on any atom is -0.457 e. The number of rotatable bonds is 1. The predicted molar refractivity (Wildman–Crippen MR) is 51.9 cm³/mol. The summed E-state index contributed by atoms with van der Waals surface area (Å²) in [4.78, 5) is 11.1. The van der Waals surface area contributed by atoms with E-state index in [4.69, 9.17) is 9.47 Å². The maximum absolute atomic E-state index is 11.1. The number of hydrogen-bond donors (Lipinski definition) is 0. The lowest BCUT2D eigenvalue weighted by atomic mass is 9.93. The highest BCUT2D eigenvalue weighted by atomic mass is 16.6. The lowest BCUT2D eigenvalue weighted by Crippen LogP contribution is -2.40. The van der Waals surface area contributed by atoms with E-state index in [9.17, 15) is 4.79 Å². The first-order valence-corrected chi connectivity index (χ1v) is 5.31. The molecule has 0 aromatic heterocycles. The smallest absolute Gasteiger partial charge is 0.306 e. The molecule has 0 radical (unpaired) electrons. The molecule has 0 saturated carbocycles. The number of cyclic esters (lactones) is 1. The highest BCUT2D eigenvalue weighted by Crippen LogP contribution is 2.41. The summed E-state index contributed by atoms with van der Waals surface area (Å²) in [5, 5.41) is 0. The van der Waals surface area contributed by atoms with E-state index in [0.29, 0.717) is 6.42 Å². The third-order valence-corrected chi connectivity index (χ3v) is 3.32. The number of carbonyl (C=O) groups excluding carboxylic acids is 1. The van der Waals surface area contributed by atoms with Crippen molar-refractivity contribution < 1.29 is 14.3 Å². The third-order valence-electron chi connectivity index (χ3n) is 3.32. The topological polar surface area (TPSA) is 35.5 Å². The van der Waals surface area contributed by atoms with Crippen molar-refractivity contribution >= 4 is 5.97 Å². The molecule has 0 aliphatic carbocycles. The van der Waals surface area contributed by atoms with Crippen molar-refractivity contribution in [3.05, 3.63) is 0 Å². The molecule has 2 aliphatic rings. The van der Waals surface area contributed by atoms with Crippen LogP contribution in [0.4, 0.5) is 0 Å². The van der Waals surface area contributed by atoms with E-state index >= 15 is 0 Å². The molecule has 2 fully saturated rings. The van der Waals surface area contributed by atoms with Crippen LogP contribution in [-0.4, -0.2) is 23.3 Å². The third kappa shape index (κ3) is 1.65. The summed E-state index contributed by atoms with van der Waals surface area (Å²) in [6.45, 7) is 6.17. The van der Waals surface area contributed by atoms with Crippen molar-refractivity contribution in [3.8, 4) is 0 Å². The van der Waals surface area contributed by atoms with Crippen LogP contribution in [0.3, 0.4) is 0 Å². The van der Waals surface area contributed by atoms with E-state index in [1.807, 2.05) is 6.92 Å². The lowest BCUT2D eigenvalue weighted by molar-refractivity contribution is -0.163. The lowest BCUT2D eigenvalue weighted by Gasteiger charge is -2.31. The minimum absolute atomic E-state index is 0.0529. The standard InChI is InChI=1S/C11H18O3/c1-10(2)6-4-8(13-10)11(3)7-5-9(12)14-11/h8H,4-7H2,1-3H3/t8-,11-/m1/s1. The molecule has 0 spiro atoms. The molecular formula is C11H18O3. The molecule has 2 atom stereocenters. The second-order valence-corrected chi connectivity index (χ2v) is 5.19. The van der Waals surface area contributed by atoms with E-state index in [0.717, 1.165) is 19.3 Å². The highest BCUT2D eigenvalue weighted by Gasteiger charge is 2.48. The van der Waals surface area contributed by atoms with Crippen molar-refractivity contribution in [3.63, 3.8) is 0 Å². The molecule has 0 bridgehead atoms. The fourth-order valence-corrected chi connectivity index (χ4v) is 2.35. The van der Waals surface area contributed by atoms with Crippen LogP contribution in [0.1, 0.15) is 46.5 Å². The van der Waals surface area contributed by atoms with Gasteiger partial charge in [-0.05, 0) is 40.0 Å². The number of esters is 1. The Morgan fingerprint density at radius 1 is 1.29 bits per heavy atom.